The van der Waals surface area contributed by atoms with Gasteiger partial charge in [-0.15, -0.1) is 0 Å². The first-order chi connectivity index (χ1) is 12.8. The van der Waals surface area contributed by atoms with Gasteiger partial charge in [-0.05, 0) is 45.3 Å². The van der Waals surface area contributed by atoms with Gasteiger partial charge in [-0.25, -0.2) is 4.79 Å². The Labute approximate surface area is 150 Å². The van der Waals surface area contributed by atoms with E-state index in [-0.39, 0.29) is 6.09 Å². The molecule has 26 heavy (non-hydrogen) atoms. The third-order valence-corrected chi connectivity index (χ3v) is 4.87. The molecule has 1 aliphatic heterocycles. The van der Waals surface area contributed by atoms with Crippen molar-refractivity contribution in [1.29, 1.82) is 0 Å². The third kappa shape index (κ3) is 2.47. The normalized spacial score (nSPS) is 13.2. The van der Waals surface area contributed by atoms with E-state index >= 15 is 0 Å². The fourth-order valence-electron chi connectivity index (χ4n) is 3.54. The molecule has 1 amide bonds. The van der Waals surface area contributed by atoms with E-state index in [1.807, 2.05) is 42.5 Å². The lowest BCUT2D eigenvalue weighted by molar-refractivity contribution is 0.152. The van der Waals surface area contributed by atoms with E-state index in [1.54, 1.807) is 11.1 Å². The number of amides is 1. The van der Waals surface area contributed by atoms with Crippen molar-refractivity contribution >= 4 is 27.6 Å². The molecule has 5 rings (SSSR count). The molecule has 0 aliphatic carbocycles. The van der Waals surface area contributed by atoms with Gasteiger partial charge in [-0.1, -0.05) is 48.5 Å². The highest BCUT2D eigenvalue weighted by Gasteiger charge is 2.25. The molecule has 0 radical (unpaired) electrons. The number of pyridine rings is 1. The molecule has 0 saturated heterocycles. The number of hydrogen-bond donors (Lipinski definition) is 0. The van der Waals surface area contributed by atoms with E-state index < -0.39 is 0 Å². The molecule has 0 fully saturated rings. The maximum atomic E-state index is 12.6. The van der Waals surface area contributed by atoms with Crippen LogP contribution in [0.25, 0.3) is 21.5 Å². The molecule has 4 heteroatoms. The van der Waals surface area contributed by atoms with Gasteiger partial charge in [0.15, 0.2) is 0 Å². The van der Waals surface area contributed by atoms with Crippen molar-refractivity contribution in [3.63, 3.8) is 0 Å². The minimum atomic E-state index is -0.345. The van der Waals surface area contributed by atoms with Gasteiger partial charge < -0.3 is 4.74 Å². The molecule has 1 aliphatic rings. The maximum Gasteiger partial charge on any atom is 0.415 e. The molecule has 126 valence electrons. The summed E-state index contributed by atoms with van der Waals surface area (Å²) in [4.78, 5) is 18.6. The van der Waals surface area contributed by atoms with Gasteiger partial charge in [0, 0.05) is 6.20 Å². The highest BCUT2D eigenvalue weighted by molar-refractivity contribution is 6.07. The van der Waals surface area contributed by atoms with Crippen LogP contribution in [0.5, 0.6) is 5.75 Å². The van der Waals surface area contributed by atoms with Crippen molar-refractivity contribution in [3.05, 3.63) is 84.2 Å². The Morgan fingerprint density at radius 2 is 1.69 bits per heavy atom. The van der Waals surface area contributed by atoms with Crippen LogP contribution < -0.4 is 4.74 Å². The Hall–Kier alpha value is -3.40. The Morgan fingerprint density at radius 3 is 2.58 bits per heavy atom. The first kappa shape index (κ1) is 14.9. The summed E-state index contributed by atoms with van der Waals surface area (Å²) in [5.74, 6) is 0.558. The minimum absolute atomic E-state index is 0.345. The van der Waals surface area contributed by atoms with Crippen LogP contribution in [0.2, 0.25) is 0 Å². The number of nitrogens with zero attached hydrogens (tertiary/aromatic N) is 2. The van der Waals surface area contributed by atoms with E-state index in [0.29, 0.717) is 18.8 Å². The zero-order valence-corrected chi connectivity index (χ0v) is 14.1. The van der Waals surface area contributed by atoms with E-state index in [4.69, 9.17) is 4.74 Å². The van der Waals surface area contributed by atoms with Crippen LogP contribution in [0.4, 0.5) is 4.79 Å². The van der Waals surface area contributed by atoms with Crippen molar-refractivity contribution in [3.8, 4) is 5.75 Å². The predicted molar refractivity (Wildman–Crippen MR) is 101 cm³/mol. The van der Waals surface area contributed by atoms with E-state index in [1.165, 1.54) is 5.39 Å². The number of carbonyl (C=O) groups is 1. The number of benzene rings is 3. The van der Waals surface area contributed by atoms with Crippen LogP contribution in [0.3, 0.4) is 0 Å². The van der Waals surface area contributed by atoms with Crippen molar-refractivity contribution in [2.45, 2.75) is 13.1 Å². The second-order valence-corrected chi connectivity index (χ2v) is 6.50. The lowest BCUT2D eigenvalue weighted by atomic mass is 10.0. The number of ether oxygens (including phenoxy) is 1. The first-order valence-electron chi connectivity index (χ1n) is 8.59. The second-order valence-electron chi connectivity index (χ2n) is 6.50. The number of hydrogen-bond acceptors (Lipinski definition) is 3. The zero-order valence-electron chi connectivity index (χ0n) is 14.1. The standard InChI is InChI=1S/C22H16N2O2/c25-22(24-13-17-5-3-11-23-21(17)14-24)26-18-10-9-16-8-7-15-4-1-2-6-19(15)20(16)12-18/h1-12H,13-14H2. The van der Waals surface area contributed by atoms with Crippen LogP contribution >= 0.6 is 0 Å². The van der Waals surface area contributed by atoms with Gasteiger partial charge in [0.05, 0.1) is 18.8 Å². The van der Waals surface area contributed by atoms with Crippen LogP contribution in [0, 0.1) is 0 Å². The van der Waals surface area contributed by atoms with Gasteiger partial charge >= 0.3 is 6.09 Å². The second kappa shape index (κ2) is 5.85. The molecule has 0 bridgehead atoms. The summed E-state index contributed by atoms with van der Waals surface area (Å²) in [6.07, 6.45) is 1.41. The van der Waals surface area contributed by atoms with Gasteiger partial charge in [0.1, 0.15) is 5.75 Å². The SMILES string of the molecule is O=C(Oc1ccc2ccc3ccccc3c2c1)N1Cc2cccnc2C1. The molecule has 0 atom stereocenters. The molecule has 2 heterocycles. The van der Waals surface area contributed by atoms with Gasteiger partial charge in [0.2, 0.25) is 0 Å². The molecule has 0 saturated carbocycles. The van der Waals surface area contributed by atoms with Crippen LogP contribution in [-0.2, 0) is 13.1 Å². The lowest BCUT2D eigenvalue weighted by Crippen LogP contribution is -2.28. The van der Waals surface area contributed by atoms with Crippen molar-refractivity contribution in [2.75, 3.05) is 0 Å². The molecule has 0 N–H and O–H groups in total. The van der Waals surface area contributed by atoms with Crippen molar-refractivity contribution < 1.29 is 9.53 Å². The molecule has 0 unspecified atom stereocenters. The molecule has 4 aromatic rings. The maximum absolute atomic E-state index is 12.6. The number of fused-ring (bicyclic) bond motifs is 4. The lowest BCUT2D eigenvalue weighted by Gasteiger charge is -2.15. The number of carbonyl (C=O) groups excluding carboxylic acids is 1. The third-order valence-electron chi connectivity index (χ3n) is 4.87. The van der Waals surface area contributed by atoms with E-state index in [2.05, 4.69) is 29.2 Å². The topological polar surface area (TPSA) is 42.4 Å². The van der Waals surface area contributed by atoms with Crippen molar-refractivity contribution in [2.24, 2.45) is 0 Å². The minimum Gasteiger partial charge on any atom is -0.410 e. The average molecular weight is 340 g/mol. The fourth-order valence-corrected chi connectivity index (χ4v) is 3.54. The largest absolute Gasteiger partial charge is 0.415 e. The Balaban J connectivity index is 1.45. The number of aromatic nitrogens is 1. The molecule has 3 aromatic carbocycles. The van der Waals surface area contributed by atoms with Crippen LogP contribution in [-0.4, -0.2) is 16.0 Å². The van der Waals surface area contributed by atoms with Crippen LogP contribution in [0.1, 0.15) is 11.3 Å². The average Bonchev–Trinajstić information content (AvgIpc) is 3.12. The summed E-state index contributed by atoms with van der Waals surface area (Å²) in [5, 5.41) is 4.53. The van der Waals surface area contributed by atoms with Crippen LogP contribution in [0.15, 0.2) is 72.9 Å². The Kier molecular flexibility index (Phi) is 3.35. The first-order valence-corrected chi connectivity index (χ1v) is 8.59. The molecule has 4 nitrogen and oxygen atoms in total. The van der Waals surface area contributed by atoms with Gasteiger partial charge in [0.25, 0.3) is 0 Å². The molecular formula is C22H16N2O2. The van der Waals surface area contributed by atoms with Gasteiger partial charge in [-0.2, -0.15) is 0 Å². The highest BCUT2D eigenvalue weighted by Crippen LogP contribution is 2.29. The summed E-state index contributed by atoms with van der Waals surface area (Å²) in [6, 6.07) is 22.1. The quantitative estimate of drug-likeness (QED) is 0.463. The summed E-state index contributed by atoms with van der Waals surface area (Å²) in [5.41, 5.74) is 2.02. The van der Waals surface area contributed by atoms with E-state index in [0.717, 1.165) is 27.4 Å². The molecule has 1 aromatic heterocycles. The smallest absolute Gasteiger partial charge is 0.410 e. The van der Waals surface area contributed by atoms with Gasteiger partial charge in [-0.3, -0.25) is 9.88 Å². The summed E-state index contributed by atoms with van der Waals surface area (Å²) < 4.78 is 5.65. The predicted octanol–water partition coefficient (Wildman–Crippen LogP) is 4.90. The van der Waals surface area contributed by atoms with Crippen molar-refractivity contribution in [1.82, 2.24) is 9.88 Å². The summed E-state index contributed by atoms with van der Waals surface area (Å²) in [6.45, 7) is 1.03. The van der Waals surface area contributed by atoms with E-state index in [9.17, 15) is 4.79 Å². The summed E-state index contributed by atoms with van der Waals surface area (Å²) >= 11 is 0. The monoisotopic (exact) mass is 340 g/mol. The number of rotatable bonds is 1. The Bertz CT molecular complexity index is 1130. The zero-order chi connectivity index (χ0) is 17.5. The summed E-state index contributed by atoms with van der Waals surface area (Å²) in [7, 11) is 0. The molecule has 0 spiro atoms. The Morgan fingerprint density at radius 1 is 0.885 bits per heavy atom. The highest BCUT2D eigenvalue weighted by atomic mass is 16.6. The fraction of sp³-hybridized carbons (Fsp3) is 0.0909. The molecular weight excluding hydrogens is 324 g/mol.